The number of aromatic nitrogens is 1. The summed E-state index contributed by atoms with van der Waals surface area (Å²) in [6.07, 6.45) is 2.84. The molecule has 1 fully saturated rings. The lowest BCUT2D eigenvalue weighted by molar-refractivity contribution is 0.145. The van der Waals surface area contributed by atoms with Gasteiger partial charge < -0.3 is 15.0 Å². The predicted octanol–water partition coefficient (Wildman–Crippen LogP) is 1.25. The van der Waals surface area contributed by atoms with Crippen LogP contribution in [0, 0.1) is 0 Å². The van der Waals surface area contributed by atoms with Crippen LogP contribution in [0.25, 0.3) is 0 Å². The van der Waals surface area contributed by atoms with E-state index in [4.69, 9.17) is 4.74 Å². The Morgan fingerprint density at radius 1 is 1.44 bits per heavy atom. The fourth-order valence-electron chi connectivity index (χ4n) is 1.46. The summed E-state index contributed by atoms with van der Waals surface area (Å²) < 4.78 is 5.99. The molecule has 2 heterocycles. The number of ether oxygens (including phenoxy) is 1. The van der Waals surface area contributed by atoms with Crippen molar-refractivity contribution in [3.63, 3.8) is 0 Å². The molecule has 1 aromatic heterocycles. The number of hydrogen-bond donors (Lipinski definition) is 1. The second-order valence-electron chi connectivity index (χ2n) is 3.44. The van der Waals surface area contributed by atoms with E-state index in [1.807, 2.05) is 0 Å². The number of halogens is 1. The van der Waals surface area contributed by atoms with Gasteiger partial charge in [-0.3, -0.25) is 4.98 Å². The lowest BCUT2D eigenvalue weighted by Gasteiger charge is -2.26. The normalized spacial score (nSPS) is 15.9. The van der Waals surface area contributed by atoms with Crippen molar-refractivity contribution in [1.82, 2.24) is 15.2 Å². The van der Waals surface area contributed by atoms with Crippen LogP contribution in [-0.2, 0) is 0 Å². The average molecular weight is 286 g/mol. The van der Waals surface area contributed by atoms with Crippen molar-refractivity contribution in [3.05, 3.63) is 22.9 Å². The van der Waals surface area contributed by atoms with Crippen LogP contribution >= 0.6 is 15.9 Å². The number of amides is 1. The van der Waals surface area contributed by atoms with Gasteiger partial charge in [0.1, 0.15) is 0 Å². The molecule has 5 nitrogen and oxygen atoms in total. The first-order chi connectivity index (χ1) is 7.75. The second-order valence-corrected chi connectivity index (χ2v) is 4.36. The van der Waals surface area contributed by atoms with Gasteiger partial charge in [-0.15, -0.1) is 0 Å². The van der Waals surface area contributed by atoms with Gasteiger partial charge in [-0.05, 0) is 22.0 Å². The molecule has 1 aliphatic rings. The zero-order chi connectivity index (χ0) is 11.4. The Bertz CT molecular complexity index is 380. The van der Waals surface area contributed by atoms with Gasteiger partial charge in [0.25, 0.3) is 0 Å². The highest BCUT2D eigenvalue weighted by atomic mass is 79.9. The highest BCUT2D eigenvalue weighted by molar-refractivity contribution is 9.10. The van der Waals surface area contributed by atoms with Gasteiger partial charge in [0.15, 0.2) is 5.75 Å². The molecule has 0 saturated carbocycles. The Hall–Kier alpha value is -1.14. The largest absolute Gasteiger partial charge is 0.415 e. The molecule has 0 spiro atoms. The van der Waals surface area contributed by atoms with Crippen LogP contribution in [0.5, 0.6) is 5.75 Å². The minimum absolute atomic E-state index is 0.318. The van der Waals surface area contributed by atoms with Crippen molar-refractivity contribution in [2.75, 3.05) is 26.2 Å². The number of carbonyl (C=O) groups is 1. The van der Waals surface area contributed by atoms with Gasteiger partial charge >= 0.3 is 6.09 Å². The molecule has 0 radical (unpaired) electrons. The second kappa shape index (κ2) is 5.27. The van der Waals surface area contributed by atoms with Crippen LogP contribution in [0.3, 0.4) is 0 Å². The predicted molar refractivity (Wildman–Crippen MR) is 62.4 cm³/mol. The maximum absolute atomic E-state index is 11.7. The molecule has 1 N–H and O–H groups in total. The Morgan fingerprint density at radius 2 is 2.19 bits per heavy atom. The first-order valence-corrected chi connectivity index (χ1v) is 5.83. The monoisotopic (exact) mass is 285 g/mol. The first kappa shape index (κ1) is 11.3. The summed E-state index contributed by atoms with van der Waals surface area (Å²) in [5.41, 5.74) is 0. The van der Waals surface area contributed by atoms with E-state index in [-0.39, 0.29) is 6.09 Å². The molecule has 0 aromatic carbocycles. The zero-order valence-corrected chi connectivity index (χ0v) is 10.2. The van der Waals surface area contributed by atoms with Gasteiger partial charge in [0.2, 0.25) is 0 Å². The lowest BCUT2D eigenvalue weighted by atomic mass is 10.4. The number of nitrogens with zero attached hydrogens (tertiary/aromatic N) is 2. The Kier molecular flexibility index (Phi) is 3.74. The number of pyridine rings is 1. The van der Waals surface area contributed by atoms with Crippen LogP contribution in [0.1, 0.15) is 0 Å². The van der Waals surface area contributed by atoms with Crippen LogP contribution in [0.4, 0.5) is 4.79 Å². The number of nitrogens with one attached hydrogen (secondary N) is 1. The maximum atomic E-state index is 11.7. The molecule has 0 atom stereocenters. The third kappa shape index (κ3) is 2.93. The molecule has 1 aromatic rings. The molecular formula is C10H12BrN3O2. The number of piperazine rings is 1. The summed E-state index contributed by atoms with van der Waals surface area (Å²) in [5.74, 6) is 0.456. The minimum Gasteiger partial charge on any atom is -0.409 e. The van der Waals surface area contributed by atoms with Crippen molar-refractivity contribution in [1.29, 1.82) is 0 Å². The molecular weight excluding hydrogens is 274 g/mol. The summed E-state index contributed by atoms with van der Waals surface area (Å²) in [7, 11) is 0. The van der Waals surface area contributed by atoms with Crippen LogP contribution in [-0.4, -0.2) is 42.2 Å². The van der Waals surface area contributed by atoms with Crippen molar-refractivity contribution >= 4 is 22.0 Å². The van der Waals surface area contributed by atoms with Crippen LogP contribution in [0.2, 0.25) is 0 Å². The van der Waals surface area contributed by atoms with E-state index < -0.39 is 0 Å². The minimum atomic E-state index is -0.318. The molecule has 6 heteroatoms. The van der Waals surface area contributed by atoms with E-state index in [0.717, 1.165) is 17.6 Å². The summed E-state index contributed by atoms with van der Waals surface area (Å²) in [6, 6.07) is 1.72. The molecule has 0 aliphatic carbocycles. The lowest BCUT2D eigenvalue weighted by Crippen LogP contribution is -2.47. The van der Waals surface area contributed by atoms with E-state index >= 15 is 0 Å². The molecule has 0 unspecified atom stereocenters. The third-order valence-corrected chi connectivity index (χ3v) is 2.69. The van der Waals surface area contributed by atoms with E-state index in [0.29, 0.717) is 18.8 Å². The summed E-state index contributed by atoms with van der Waals surface area (Å²) in [6.45, 7) is 2.98. The molecule has 1 amide bonds. The smallest absolute Gasteiger partial charge is 0.409 e. The molecule has 86 valence electrons. The van der Waals surface area contributed by atoms with Crippen molar-refractivity contribution in [3.8, 4) is 5.75 Å². The molecule has 0 bridgehead atoms. The highest BCUT2D eigenvalue weighted by Gasteiger charge is 2.18. The van der Waals surface area contributed by atoms with Gasteiger partial charge in [0, 0.05) is 36.8 Å². The van der Waals surface area contributed by atoms with Crippen LogP contribution < -0.4 is 10.1 Å². The quantitative estimate of drug-likeness (QED) is 0.844. The SMILES string of the molecule is O=C(Oc1cncc(Br)c1)N1CCNCC1. The number of rotatable bonds is 1. The fraction of sp³-hybridized carbons (Fsp3) is 0.400. The van der Waals surface area contributed by atoms with Crippen molar-refractivity contribution < 1.29 is 9.53 Å². The summed E-state index contributed by atoms with van der Waals surface area (Å²) >= 11 is 3.27. The molecule has 1 saturated heterocycles. The Balaban J connectivity index is 1.96. The van der Waals surface area contributed by atoms with Crippen molar-refractivity contribution in [2.24, 2.45) is 0 Å². The maximum Gasteiger partial charge on any atom is 0.415 e. The van der Waals surface area contributed by atoms with Crippen molar-refractivity contribution in [2.45, 2.75) is 0 Å². The zero-order valence-electron chi connectivity index (χ0n) is 8.65. The van der Waals surface area contributed by atoms with E-state index in [1.165, 1.54) is 6.20 Å². The standard InChI is InChI=1S/C10H12BrN3O2/c11-8-5-9(7-13-6-8)16-10(15)14-3-1-12-2-4-14/h5-7,12H,1-4H2. The Labute approximate surface area is 102 Å². The van der Waals surface area contributed by atoms with E-state index in [2.05, 4.69) is 26.2 Å². The molecule has 2 rings (SSSR count). The van der Waals surface area contributed by atoms with Crippen LogP contribution in [0.15, 0.2) is 22.9 Å². The van der Waals surface area contributed by atoms with Gasteiger partial charge in [-0.25, -0.2) is 4.79 Å². The summed E-state index contributed by atoms with van der Waals surface area (Å²) in [4.78, 5) is 17.3. The fourth-order valence-corrected chi connectivity index (χ4v) is 1.80. The van der Waals surface area contributed by atoms with Gasteiger partial charge in [-0.1, -0.05) is 0 Å². The molecule has 1 aliphatic heterocycles. The third-order valence-electron chi connectivity index (χ3n) is 2.26. The van der Waals surface area contributed by atoms with E-state index in [9.17, 15) is 4.79 Å². The van der Waals surface area contributed by atoms with E-state index in [1.54, 1.807) is 17.2 Å². The first-order valence-electron chi connectivity index (χ1n) is 5.04. The highest BCUT2D eigenvalue weighted by Crippen LogP contribution is 2.16. The van der Waals surface area contributed by atoms with Gasteiger partial charge in [0.05, 0.1) is 6.20 Å². The average Bonchev–Trinajstić information content (AvgIpc) is 2.30. The number of hydrogen-bond acceptors (Lipinski definition) is 4. The number of carbonyl (C=O) groups excluding carboxylic acids is 1. The summed E-state index contributed by atoms with van der Waals surface area (Å²) in [5, 5.41) is 3.17. The van der Waals surface area contributed by atoms with Gasteiger partial charge in [-0.2, -0.15) is 0 Å². The Morgan fingerprint density at radius 3 is 2.88 bits per heavy atom. The molecule has 16 heavy (non-hydrogen) atoms. The topological polar surface area (TPSA) is 54.5 Å².